The van der Waals surface area contributed by atoms with E-state index >= 15 is 0 Å². The Hall–Kier alpha value is -1.62. The molecule has 1 heterocycles. The third-order valence-corrected chi connectivity index (χ3v) is 3.34. The lowest BCUT2D eigenvalue weighted by molar-refractivity contribution is 0.0693. The second-order valence-electron chi connectivity index (χ2n) is 5.33. The number of likely N-dealkylation sites (N-methyl/N-ethyl adjacent to an activating group) is 1. The molecule has 100 valence electrons. The van der Waals surface area contributed by atoms with E-state index in [-0.39, 0.29) is 11.1 Å². The Morgan fingerprint density at radius 3 is 2.44 bits per heavy atom. The maximum Gasteiger partial charge on any atom is 0.341 e. The summed E-state index contributed by atoms with van der Waals surface area (Å²) in [5, 5.41) is 8.96. The molecule has 0 aromatic carbocycles. The molecule has 0 atom stereocenters. The van der Waals surface area contributed by atoms with Crippen molar-refractivity contribution >= 4 is 5.97 Å². The Bertz CT molecular complexity index is 515. The minimum atomic E-state index is -1.18. The van der Waals surface area contributed by atoms with E-state index in [9.17, 15) is 9.59 Å². The van der Waals surface area contributed by atoms with Crippen molar-refractivity contribution < 1.29 is 9.90 Å². The predicted octanol–water partition coefficient (Wildman–Crippen LogP) is 1.20. The molecule has 0 saturated carbocycles. The SMILES string of the molecule is Cc1cc(=O)c(C(=O)O)cn1CC(C)(C)N(C)C. The van der Waals surface area contributed by atoms with E-state index in [0.717, 1.165) is 5.69 Å². The molecule has 0 saturated heterocycles. The van der Waals surface area contributed by atoms with Crippen LogP contribution < -0.4 is 5.43 Å². The van der Waals surface area contributed by atoms with Gasteiger partial charge in [-0.2, -0.15) is 0 Å². The molecule has 1 aromatic heterocycles. The van der Waals surface area contributed by atoms with Crippen molar-refractivity contribution in [2.75, 3.05) is 14.1 Å². The van der Waals surface area contributed by atoms with Gasteiger partial charge in [0.05, 0.1) is 0 Å². The zero-order valence-electron chi connectivity index (χ0n) is 11.5. The van der Waals surface area contributed by atoms with E-state index in [1.165, 1.54) is 12.3 Å². The predicted molar refractivity (Wildman–Crippen MR) is 70.2 cm³/mol. The number of aromatic carboxylic acids is 1. The smallest absolute Gasteiger partial charge is 0.341 e. The van der Waals surface area contributed by atoms with Crippen LogP contribution in [-0.2, 0) is 6.54 Å². The van der Waals surface area contributed by atoms with Crippen LogP contribution in [0.2, 0.25) is 0 Å². The Morgan fingerprint density at radius 1 is 1.44 bits per heavy atom. The number of pyridine rings is 1. The number of aryl methyl sites for hydroxylation is 1. The van der Waals surface area contributed by atoms with Gasteiger partial charge in [-0.3, -0.25) is 4.79 Å². The van der Waals surface area contributed by atoms with Crippen molar-refractivity contribution in [3.63, 3.8) is 0 Å². The first-order valence-electron chi connectivity index (χ1n) is 5.77. The van der Waals surface area contributed by atoms with Crippen LogP contribution >= 0.6 is 0 Å². The van der Waals surface area contributed by atoms with Crippen molar-refractivity contribution in [2.24, 2.45) is 0 Å². The van der Waals surface area contributed by atoms with Gasteiger partial charge in [-0.25, -0.2) is 4.79 Å². The third-order valence-electron chi connectivity index (χ3n) is 3.34. The fourth-order valence-corrected chi connectivity index (χ4v) is 1.56. The van der Waals surface area contributed by atoms with E-state index in [4.69, 9.17) is 5.11 Å². The zero-order chi connectivity index (χ0) is 14.1. The monoisotopic (exact) mass is 252 g/mol. The molecule has 1 rings (SSSR count). The highest BCUT2D eigenvalue weighted by Gasteiger charge is 2.22. The van der Waals surface area contributed by atoms with Gasteiger partial charge in [0.1, 0.15) is 5.56 Å². The Labute approximate surface area is 107 Å². The van der Waals surface area contributed by atoms with Gasteiger partial charge in [-0.15, -0.1) is 0 Å². The molecule has 5 nitrogen and oxygen atoms in total. The number of carboxylic acids is 1. The topological polar surface area (TPSA) is 62.5 Å². The van der Waals surface area contributed by atoms with Crippen LogP contribution in [-0.4, -0.2) is 40.2 Å². The van der Waals surface area contributed by atoms with Crippen molar-refractivity contribution in [3.05, 3.63) is 33.7 Å². The summed E-state index contributed by atoms with van der Waals surface area (Å²) in [4.78, 5) is 24.6. The van der Waals surface area contributed by atoms with Crippen LogP contribution in [0.1, 0.15) is 29.9 Å². The number of rotatable bonds is 4. The Morgan fingerprint density at radius 2 is 2.00 bits per heavy atom. The first-order valence-corrected chi connectivity index (χ1v) is 5.77. The minimum Gasteiger partial charge on any atom is -0.477 e. The lowest BCUT2D eigenvalue weighted by Crippen LogP contribution is -2.42. The lowest BCUT2D eigenvalue weighted by atomic mass is 10.0. The van der Waals surface area contributed by atoms with Gasteiger partial charge in [0, 0.05) is 30.0 Å². The minimum absolute atomic E-state index is 0.129. The molecule has 0 spiro atoms. The number of carbonyl (C=O) groups is 1. The molecule has 18 heavy (non-hydrogen) atoms. The molecule has 0 aliphatic rings. The standard InChI is InChI=1S/C13H20N2O3/c1-9-6-11(16)10(12(17)18)7-15(9)8-13(2,3)14(4)5/h6-7H,8H2,1-5H3,(H,17,18). The molecule has 5 heteroatoms. The first kappa shape index (κ1) is 14.4. The van der Waals surface area contributed by atoms with Crippen LogP contribution in [0.15, 0.2) is 17.1 Å². The molecule has 0 unspecified atom stereocenters. The molecular weight excluding hydrogens is 232 g/mol. The van der Waals surface area contributed by atoms with Crippen molar-refractivity contribution in [1.29, 1.82) is 0 Å². The molecule has 0 aliphatic carbocycles. The number of hydrogen-bond donors (Lipinski definition) is 1. The summed E-state index contributed by atoms with van der Waals surface area (Å²) in [7, 11) is 3.94. The maximum atomic E-state index is 11.5. The molecule has 1 N–H and O–H groups in total. The Kier molecular flexibility index (Phi) is 3.96. The number of hydrogen-bond acceptors (Lipinski definition) is 3. The molecular formula is C13H20N2O3. The van der Waals surface area contributed by atoms with Crippen molar-refractivity contribution in [3.8, 4) is 0 Å². The van der Waals surface area contributed by atoms with Crippen LogP contribution in [0.25, 0.3) is 0 Å². The average molecular weight is 252 g/mol. The molecule has 0 fully saturated rings. The van der Waals surface area contributed by atoms with E-state index in [2.05, 4.69) is 18.7 Å². The van der Waals surface area contributed by atoms with Gasteiger partial charge in [0.2, 0.25) is 0 Å². The van der Waals surface area contributed by atoms with E-state index in [1.807, 2.05) is 18.7 Å². The number of nitrogens with zero attached hydrogens (tertiary/aromatic N) is 2. The second kappa shape index (κ2) is 4.94. The summed E-state index contributed by atoms with van der Waals surface area (Å²) >= 11 is 0. The van der Waals surface area contributed by atoms with E-state index in [0.29, 0.717) is 6.54 Å². The van der Waals surface area contributed by atoms with Gasteiger partial charge in [0.15, 0.2) is 5.43 Å². The summed E-state index contributed by atoms with van der Waals surface area (Å²) < 4.78 is 1.81. The quantitative estimate of drug-likeness (QED) is 0.874. The molecule has 0 aliphatic heterocycles. The highest BCUT2D eigenvalue weighted by molar-refractivity contribution is 5.87. The fourth-order valence-electron chi connectivity index (χ4n) is 1.56. The first-order chi connectivity index (χ1) is 8.15. The third kappa shape index (κ3) is 2.98. The van der Waals surface area contributed by atoms with E-state index < -0.39 is 11.4 Å². The molecule has 1 aromatic rings. The number of carboxylic acid groups (broad SMARTS) is 1. The summed E-state index contributed by atoms with van der Waals surface area (Å²) in [6.45, 7) is 6.54. The second-order valence-corrected chi connectivity index (χ2v) is 5.33. The lowest BCUT2D eigenvalue weighted by Gasteiger charge is -2.34. The Balaban J connectivity index is 3.22. The summed E-state index contributed by atoms with van der Waals surface area (Å²) in [5.41, 5.74) is 0.00396. The van der Waals surface area contributed by atoms with Gasteiger partial charge in [-0.1, -0.05) is 0 Å². The van der Waals surface area contributed by atoms with Crippen LogP contribution in [0.5, 0.6) is 0 Å². The van der Waals surface area contributed by atoms with Gasteiger partial charge in [-0.05, 0) is 34.9 Å². The molecule has 0 radical (unpaired) electrons. The zero-order valence-corrected chi connectivity index (χ0v) is 11.5. The normalized spacial score (nSPS) is 11.9. The van der Waals surface area contributed by atoms with Crippen molar-refractivity contribution in [2.45, 2.75) is 32.9 Å². The number of aromatic nitrogens is 1. The van der Waals surface area contributed by atoms with Crippen LogP contribution in [0.3, 0.4) is 0 Å². The average Bonchev–Trinajstić information content (AvgIpc) is 2.21. The van der Waals surface area contributed by atoms with Gasteiger partial charge >= 0.3 is 5.97 Å². The van der Waals surface area contributed by atoms with Crippen LogP contribution in [0.4, 0.5) is 0 Å². The fraction of sp³-hybridized carbons (Fsp3) is 0.538. The molecule has 0 bridgehead atoms. The van der Waals surface area contributed by atoms with Crippen molar-refractivity contribution in [1.82, 2.24) is 9.47 Å². The largest absolute Gasteiger partial charge is 0.477 e. The summed E-state index contributed by atoms with van der Waals surface area (Å²) in [6.07, 6.45) is 1.42. The summed E-state index contributed by atoms with van der Waals surface area (Å²) in [6, 6.07) is 1.37. The molecule has 0 amide bonds. The summed E-state index contributed by atoms with van der Waals surface area (Å²) in [5.74, 6) is -1.18. The highest BCUT2D eigenvalue weighted by Crippen LogP contribution is 2.14. The van der Waals surface area contributed by atoms with E-state index in [1.54, 1.807) is 6.92 Å². The van der Waals surface area contributed by atoms with Crippen LogP contribution in [0, 0.1) is 6.92 Å². The maximum absolute atomic E-state index is 11.5. The van der Waals surface area contributed by atoms with Gasteiger partial charge in [0.25, 0.3) is 0 Å². The highest BCUT2D eigenvalue weighted by atomic mass is 16.4. The van der Waals surface area contributed by atoms with Gasteiger partial charge < -0.3 is 14.6 Å².